The van der Waals surface area contributed by atoms with Crippen molar-refractivity contribution in [3.8, 4) is 16.9 Å². The van der Waals surface area contributed by atoms with Crippen LogP contribution in [0, 0.1) is 11.6 Å². The first-order valence-corrected chi connectivity index (χ1v) is 14.7. The van der Waals surface area contributed by atoms with Crippen molar-refractivity contribution >= 4 is 5.97 Å². The van der Waals surface area contributed by atoms with Crippen molar-refractivity contribution < 1.29 is 23.0 Å². The summed E-state index contributed by atoms with van der Waals surface area (Å²) >= 11 is 0. The predicted molar refractivity (Wildman–Crippen MR) is 162 cm³/mol. The highest BCUT2D eigenvalue weighted by Gasteiger charge is 2.16. The molecule has 1 saturated carbocycles. The molecular formula is C36H37F2NO3. The second kappa shape index (κ2) is 14.2. The predicted octanol–water partition coefficient (Wildman–Crippen LogP) is 8.38. The molecule has 0 aromatic heterocycles. The number of carbonyl (C=O) groups is 1. The Morgan fingerprint density at radius 2 is 1.60 bits per heavy atom. The fourth-order valence-electron chi connectivity index (χ4n) is 5.62. The smallest absolute Gasteiger partial charge is 0.337 e. The van der Waals surface area contributed by atoms with Crippen molar-refractivity contribution in [1.82, 2.24) is 5.32 Å². The van der Waals surface area contributed by atoms with Gasteiger partial charge in [0.25, 0.3) is 0 Å². The third kappa shape index (κ3) is 7.62. The van der Waals surface area contributed by atoms with Gasteiger partial charge in [0.05, 0.1) is 12.7 Å². The molecule has 5 rings (SSSR count). The molecule has 0 amide bonds. The van der Waals surface area contributed by atoms with Crippen LogP contribution in [0.25, 0.3) is 11.1 Å². The van der Waals surface area contributed by atoms with Gasteiger partial charge in [0, 0.05) is 18.2 Å². The maximum Gasteiger partial charge on any atom is 0.337 e. The Bertz CT molecular complexity index is 1480. The van der Waals surface area contributed by atoms with Crippen LogP contribution < -0.4 is 10.1 Å². The molecule has 0 atom stereocenters. The first kappa shape index (κ1) is 29.5. The molecule has 1 fully saturated rings. The van der Waals surface area contributed by atoms with Crippen molar-refractivity contribution in [2.24, 2.45) is 0 Å². The molecular weight excluding hydrogens is 532 g/mol. The molecule has 1 aliphatic rings. The second-order valence-electron chi connectivity index (χ2n) is 10.9. The molecule has 42 heavy (non-hydrogen) atoms. The van der Waals surface area contributed by atoms with Crippen LogP contribution in [0.5, 0.6) is 5.75 Å². The molecule has 0 saturated heterocycles. The van der Waals surface area contributed by atoms with E-state index in [4.69, 9.17) is 9.47 Å². The van der Waals surface area contributed by atoms with Gasteiger partial charge in [-0.15, -0.1) is 0 Å². The summed E-state index contributed by atoms with van der Waals surface area (Å²) in [5, 5.41) is 3.43. The summed E-state index contributed by atoms with van der Waals surface area (Å²) in [6.45, 7) is 1.71. The highest BCUT2D eigenvalue weighted by molar-refractivity contribution is 5.89. The Balaban J connectivity index is 1.26. The summed E-state index contributed by atoms with van der Waals surface area (Å²) in [6, 6.07) is 25.3. The molecule has 0 unspecified atom stereocenters. The number of halogens is 2. The number of benzene rings is 4. The molecule has 4 nitrogen and oxygen atoms in total. The molecule has 1 N–H and O–H groups in total. The maximum atomic E-state index is 14.6. The van der Waals surface area contributed by atoms with Crippen LogP contribution in [-0.2, 0) is 24.3 Å². The molecule has 0 bridgehead atoms. The van der Waals surface area contributed by atoms with Gasteiger partial charge < -0.3 is 14.8 Å². The quantitative estimate of drug-likeness (QED) is 0.146. The third-order valence-electron chi connectivity index (χ3n) is 8.03. The number of hydrogen-bond acceptors (Lipinski definition) is 4. The Morgan fingerprint density at radius 1 is 0.857 bits per heavy atom. The number of hydrogen-bond donors (Lipinski definition) is 1. The Kier molecular flexibility index (Phi) is 9.98. The molecule has 0 radical (unpaired) electrons. The lowest BCUT2D eigenvalue weighted by molar-refractivity contribution is 0.0600. The standard InChI is InChI=1S/C36H37F2NO3/c1-41-36(40)29-13-7-25(8-14-29)23-39-20-19-31-21-30(33-17-16-32(37)22-34(33)38)15-18-35(31)42-24-26-9-11-28(12-10-26)27-5-3-2-4-6-27/h7-18,21-22,27,39H,2-6,19-20,23-24H2,1H3. The van der Waals surface area contributed by atoms with Crippen molar-refractivity contribution in [3.05, 3.63) is 124 Å². The SMILES string of the molecule is COC(=O)c1ccc(CNCCc2cc(-c3ccc(F)cc3F)ccc2OCc2ccc(C3CCCCC3)cc2)cc1. The number of esters is 1. The molecule has 0 heterocycles. The summed E-state index contributed by atoms with van der Waals surface area (Å²) in [6.07, 6.45) is 7.16. The highest BCUT2D eigenvalue weighted by Crippen LogP contribution is 2.33. The minimum atomic E-state index is -0.602. The van der Waals surface area contributed by atoms with Gasteiger partial charge in [-0.2, -0.15) is 0 Å². The van der Waals surface area contributed by atoms with E-state index >= 15 is 0 Å². The van der Waals surface area contributed by atoms with Gasteiger partial charge in [0.2, 0.25) is 0 Å². The van der Waals surface area contributed by atoms with E-state index in [1.54, 1.807) is 12.1 Å². The lowest BCUT2D eigenvalue weighted by Gasteiger charge is -2.22. The van der Waals surface area contributed by atoms with Crippen molar-refractivity contribution in [2.45, 2.75) is 57.6 Å². The molecule has 1 aliphatic carbocycles. The largest absolute Gasteiger partial charge is 0.489 e. The minimum absolute atomic E-state index is 0.348. The first-order chi connectivity index (χ1) is 20.5. The minimum Gasteiger partial charge on any atom is -0.489 e. The molecule has 4 aromatic rings. The van der Waals surface area contributed by atoms with Crippen molar-refractivity contribution in [2.75, 3.05) is 13.7 Å². The van der Waals surface area contributed by atoms with E-state index in [1.165, 1.54) is 56.9 Å². The fourth-order valence-corrected chi connectivity index (χ4v) is 5.62. The van der Waals surface area contributed by atoms with Crippen LogP contribution in [0.15, 0.2) is 84.9 Å². The van der Waals surface area contributed by atoms with E-state index in [9.17, 15) is 13.6 Å². The Hall–Kier alpha value is -4.03. The van der Waals surface area contributed by atoms with E-state index in [2.05, 4.69) is 29.6 Å². The van der Waals surface area contributed by atoms with Crippen LogP contribution in [0.1, 0.15) is 70.6 Å². The van der Waals surface area contributed by atoms with E-state index in [-0.39, 0.29) is 5.97 Å². The summed E-state index contributed by atoms with van der Waals surface area (Å²) < 4.78 is 39.2. The van der Waals surface area contributed by atoms with E-state index in [0.29, 0.717) is 48.7 Å². The summed E-state index contributed by atoms with van der Waals surface area (Å²) in [4.78, 5) is 11.7. The zero-order valence-electron chi connectivity index (χ0n) is 24.0. The van der Waals surface area contributed by atoms with Gasteiger partial charge in [-0.3, -0.25) is 0 Å². The van der Waals surface area contributed by atoms with Gasteiger partial charge in [-0.1, -0.05) is 61.7 Å². The monoisotopic (exact) mass is 569 g/mol. The highest BCUT2D eigenvalue weighted by atomic mass is 19.1. The fraction of sp³-hybridized carbons (Fsp3) is 0.306. The first-order valence-electron chi connectivity index (χ1n) is 14.7. The number of carbonyl (C=O) groups excluding carboxylic acids is 1. The summed E-state index contributed by atoms with van der Waals surface area (Å²) in [5.41, 5.74) is 6.02. The topological polar surface area (TPSA) is 47.6 Å². The van der Waals surface area contributed by atoms with Gasteiger partial charge in [-0.05, 0) is 95.9 Å². The van der Waals surface area contributed by atoms with Gasteiger partial charge in [-0.25, -0.2) is 13.6 Å². The molecule has 0 spiro atoms. The lowest BCUT2D eigenvalue weighted by atomic mass is 9.84. The number of ether oxygens (including phenoxy) is 2. The molecule has 218 valence electrons. The van der Waals surface area contributed by atoms with Gasteiger partial charge in [0.15, 0.2) is 0 Å². The van der Waals surface area contributed by atoms with E-state index in [1.807, 2.05) is 30.3 Å². The van der Waals surface area contributed by atoms with Crippen LogP contribution >= 0.6 is 0 Å². The third-order valence-corrected chi connectivity index (χ3v) is 8.03. The number of methoxy groups -OCH3 is 1. The zero-order valence-corrected chi connectivity index (χ0v) is 24.0. The van der Waals surface area contributed by atoms with Crippen LogP contribution in [0.4, 0.5) is 8.78 Å². The van der Waals surface area contributed by atoms with Crippen LogP contribution in [-0.4, -0.2) is 19.6 Å². The molecule has 6 heteroatoms. The maximum absolute atomic E-state index is 14.6. The van der Waals surface area contributed by atoms with Crippen molar-refractivity contribution in [3.63, 3.8) is 0 Å². The summed E-state index contributed by atoms with van der Waals surface area (Å²) in [7, 11) is 1.36. The number of rotatable bonds is 11. The van der Waals surface area contributed by atoms with Gasteiger partial charge >= 0.3 is 5.97 Å². The average molecular weight is 570 g/mol. The lowest BCUT2D eigenvalue weighted by Crippen LogP contribution is -2.17. The Morgan fingerprint density at radius 3 is 2.31 bits per heavy atom. The molecule has 4 aromatic carbocycles. The summed E-state index contributed by atoms with van der Waals surface area (Å²) in [5.74, 6) is -0.157. The van der Waals surface area contributed by atoms with Crippen molar-refractivity contribution in [1.29, 1.82) is 0 Å². The van der Waals surface area contributed by atoms with Crippen LogP contribution in [0.2, 0.25) is 0 Å². The van der Waals surface area contributed by atoms with Gasteiger partial charge in [0.1, 0.15) is 24.0 Å². The average Bonchev–Trinajstić information content (AvgIpc) is 3.03. The normalized spacial score (nSPS) is 13.6. The molecule has 0 aliphatic heterocycles. The second-order valence-corrected chi connectivity index (χ2v) is 10.9. The number of nitrogens with one attached hydrogen (secondary N) is 1. The van der Waals surface area contributed by atoms with E-state index in [0.717, 1.165) is 28.5 Å². The van der Waals surface area contributed by atoms with E-state index < -0.39 is 11.6 Å². The zero-order chi connectivity index (χ0) is 29.3. The van der Waals surface area contributed by atoms with Crippen LogP contribution in [0.3, 0.4) is 0 Å². The Labute approximate surface area is 246 Å².